The third-order valence-corrected chi connectivity index (χ3v) is 4.80. The van der Waals surface area contributed by atoms with Crippen LogP contribution in [0.3, 0.4) is 0 Å². The van der Waals surface area contributed by atoms with Crippen LogP contribution in [-0.2, 0) is 6.42 Å². The molecule has 0 fully saturated rings. The van der Waals surface area contributed by atoms with E-state index in [1.165, 1.54) is 0 Å². The number of carbonyl (C=O) groups is 1. The molecule has 2 aromatic carbocycles. The van der Waals surface area contributed by atoms with Gasteiger partial charge in [-0.05, 0) is 36.4 Å². The molecule has 1 heterocycles. The Labute approximate surface area is 148 Å². The van der Waals surface area contributed by atoms with Gasteiger partial charge in [-0.1, -0.05) is 58.1 Å². The molecule has 23 heavy (non-hydrogen) atoms. The van der Waals surface area contributed by atoms with Crippen LogP contribution in [-0.4, -0.2) is 5.78 Å². The highest BCUT2D eigenvalue weighted by atomic mass is 79.9. The third kappa shape index (κ3) is 4.41. The Morgan fingerprint density at radius 2 is 1.65 bits per heavy atom. The highest BCUT2D eigenvalue weighted by molar-refractivity contribution is 9.10. The molecule has 0 bridgehead atoms. The molecule has 0 saturated carbocycles. The fraction of sp³-hybridized carbons (Fsp3) is 0.0500. The van der Waals surface area contributed by atoms with E-state index in [4.69, 9.17) is 0 Å². The minimum Gasteiger partial charge on any atom is -0.294 e. The summed E-state index contributed by atoms with van der Waals surface area (Å²) in [5, 5.41) is 0. The average Bonchev–Trinajstić information content (AvgIpc) is 3.02. The maximum Gasteiger partial charge on any atom is 0.168 e. The summed E-state index contributed by atoms with van der Waals surface area (Å²) in [6.45, 7) is 0. The van der Waals surface area contributed by atoms with Crippen molar-refractivity contribution in [3.05, 3.63) is 92.1 Å². The zero-order chi connectivity index (χ0) is 16.1. The molecular weight excluding hydrogens is 368 g/mol. The highest BCUT2D eigenvalue weighted by Gasteiger charge is 2.08. The van der Waals surface area contributed by atoms with Crippen LogP contribution in [0.25, 0.3) is 0 Å². The number of thiophene rings is 1. The Kier molecular flexibility index (Phi) is 5.07. The number of hydrogen-bond acceptors (Lipinski definition) is 2. The van der Waals surface area contributed by atoms with Crippen molar-refractivity contribution in [3.63, 3.8) is 0 Å². The van der Waals surface area contributed by atoms with Crippen molar-refractivity contribution in [1.29, 1.82) is 0 Å². The zero-order valence-corrected chi connectivity index (χ0v) is 14.7. The molecule has 1 aromatic heterocycles. The second kappa shape index (κ2) is 7.41. The summed E-state index contributed by atoms with van der Waals surface area (Å²) in [6, 6.07) is 21.3. The molecule has 0 N–H and O–H groups in total. The standard InChI is InChI=1S/C20H13BrOS/c21-17-9-6-15(7-10-17)8-11-18-12-13-19(23-18)14-20(22)16-4-2-1-3-5-16/h1-7,9-10,12-13H,14H2. The summed E-state index contributed by atoms with van der Waals surface area (Å²) in [5.74, 6) is 6.44. The van der Waals surface area contributed by atoms with Crippen molar-refractivity contribution in [1.82, 2.24) is 0 Å². The quantitative estimate of drug-likeness (QED) is 0.442. The molecule has 0 unspecified atom stereocenters. The Hall–Kier alpha value is -2.15. The third-order valence-electron chi connectivity index (χ3n) is 3.27. The first-order valence-corrected chi connectivity index (χ1v) is 8.76. The van der Waals surface area contributed by atoms with Crippen LogP contribution < -0.4 is 0 Å². The number of halogens is 1. The fourth-order valence-electron chi connectivity index (χ4n) is 2.09. The van der Waals surface area contributed by atoms with Gasteiger partial charge in [0.1, 0.15) is 0 Å². The van der Waals surface area contributed by atoms with Crippen molar-refractivity contribution in [3.8, 4) is 11.8 Å². The highest BCUT2D eigenvalue weighted by Crippen LogP contribution is 2.18. The molecule has 3 aromatic rings. The molecule has 0 spiro atoms. The van der Waals surface area contributed by atoms with E-state index in [0.29, 0.717) is 6.42 Å². The summed E-state index contributed by atoms with van der Waals surface area (Å²) in [6.07, 6.45) is 0.425. The van der Waals surface area contributed by atoms with E-state index in [2.05, 4.69) is 27.8 Å². The average molecular weight is 381 g/mol. The van der Waals surface area contributed by atoms with Crippen LogP contribution in [0.1, 0.15) is 25.7 Å². The fourth-order valence-corrected chi connectivity index (χ4v) is 3.22. The minimum absolute atomic E-state index is 0.139. The number of hydrogen-bond donors (Lipinski definition) is 0. The Morgan fingerprint density at radius 3 is 2.39 bits per heavy atom. The molecule has 0 amide bonds. The van der Waals surface area contributed by atoms with Crippen molar-refractivity contribution in [2.45, 2.75) is 6.42 Å². The van der Waals surface area contributed by atoms with Crippen LogP contribution in [0.5, 0.6) is 0 Å². The molecule has 3 heteroatoms. The number of rotatable bonds is 3. The zero-order valence-electron chi connectivity index (χ0n) is 12.3. The smallest absolute Gasteiger partial charge is 0.168 e. The van der Waals surface area contributed by atoms with Crippen LogP contribution in [0, 0.1) is 11.8 Å². The van der Waals surface area contributed by atoms with Gasteiger partial charge in [0, 0.05) is 26.9 Å². The molecule has 1 nitrogen and oxygen atoms in total. The van der Waals surface area contributed by atoms with Gasteiger partial charge >= 0.3 is 0 Å². The summed E-state index contributed by atoms with van der Waals surface area (Å²) in [7, 11) is 0. The second-order valence-corrected chi connectivity index (χ2v) is 7.07. The Balaban J connectivity index is 1.69. The largest absolute Gasteiger partial charge is 0.294 e. The van der Waals surface area contributed by atoms with Gasteiger partial charge in [0.2, 0.25) is 0 Å². The van der Waals surface area contributed by atoms with Crippen molar-refractivity contribution >= 4 is 33.0 Å². The molecule has 112 valence electrons. The van der Waals surface area contributed by atoms with Crippen molar-refractivity contribution in [2.75, 3.05) is 0 Å². The van der Waals surface area contributed by atoms with E-state index in [1.54, 1.807) is 11.3 Å². The van der Waals surface area contributed by atoms with Gasteiger partial charge in [-0.2, -0.15) is 0 Å². The molecule has 0 radical (unpaired) electrons. The predicted octanol–water partition coefficient (Wildman–Crippen LogP) is 5.34. The van der Waals surface area contributed by atoms with Gasteiger partial charge in [-0.25, -0.2) is 0 Å². The van der Waals surface area contributed by atoms with E-state index in [-0.39, 0.29) is 5.78 Å². The molecular formula is C20H13BrOS. The molecule has 0 saturated heterocycles. The van der Waals surface area contributed by atoms with Crippen LogP contribution >= 0.6 is 27.3 Å². The first kappa shape index (κ1) is 15.7. The van der Waals surface area contributed by atoms with Gasteiger partial charge in [0.05, 0.1) is 4.88 Å². The van der Waals surface area contributed by atoms with Gasteiger partial charge in [0.15, 0.2) is 5.78 Å². The SMILES string of the molecule is O=C(Cc1ccc(C#Cc2ccc(Br)cc2)s1)c1ccccc1. The topological polar surface area (TPSA) is 17.1 Å². The van der Waals surface area contributed by atoms with Gasteiger partial charge < -0.3 is 0 Å². The lowest BCUT2D eigenvalue weighted by Gasteiger charge is -1.97. The van der Waals surface area contributed by atoms with E-state index < -0.39 is 0 Å². The number of Topliss-reactive ketones (excluding diaryl/α,β-unsaturated/α-hetero) is 1. The van der Waals surface area contributed by atoms with Gasteiger partial charge in [-0.15, -0.1) is 11.3 Å². The van der Waals surface area contributed by atoms with Crippen LogP contribution in [0.4, 0.5) is 0 Å². The lowest BCUT2D eigenvalue weighted by Crippen LogP contribution is -2.01. The maximum atomic E-state index is 12.2. The molecule has 0 aliphatic carbocycles. The predicted molar refractivity (Wildman–Crippen MR) is 98.9 cm³/mol. The normalized spacial score (nSPS) is 9.96. The molecule has 3 rings (SSSR count). The summed E-state index contributed by atoms with van der Waals surface area (Å²) in [4.78, 5) is 14.2. The minimum atomic E-state index is 0.139. The summed E-state index contributed by atoms with van der Waals surface area (Å²) in [5.41, 5.74) is 1.73. The Bertz CT molecular complexity index is 867. The van der Waals surface area contributed by atoms with E-state index in [9.17, 15) is 4.79 Å². The van der Waals surface area contributed by atoms with Crippen LogP contribution in [0.2, 0.25) is 0 Å². The summed E-state index contributed by atoms with van der Waals surface area (Å²) >= 11 is 4.98. The van der Waals surface area contributed by atoms with Crippen molar-refractivity contribution < 1.29 is 4.79 Å². The first-order chi connectivity index (χ1) is 11.2. The van der Waals surface area contributed by atoms with Gasteiger partial charge in [0.25, 0.3) is 0 Å². The monoisotopic (exact) mass is 380 g/mol. The number of benzene rings is 2. The maximum absolute atomic E-state index is 12.2. The first-order valence-electron chi connectivity index (χ1n) is 7.15. The molecule has 0 aliphatic rings. The van der Waals surface area contributed by atoms with Gasteiger partial charge in [-0.3, -0.25) is 4.79 Å². The lowest BCUT2D eigenvalue weighted by atomic mass is 10.1. The second-order valence-electron chi connectivity index (χ2n) is 4.99. The number of carbonyl (C=O) groups excluding carboxylic acids is 1. The summed E-state index contributed by atoms with van der Waals surface area (Å²) < 4.78 is 1.04. The van der Waals surface area contributed by atoms with E-state index in [1.807, 2.05) is 66.7 Å². The number of ketones is 1. The molecule has 0 atom stereocenters. The van der Waals surface area contributed by atoms with Crippen molar-refractivity contribution in [2.24, 2.45) is 0 Å². The van der Waals surface area contributed by atoms with Crippen LogP contribution in [0.15, 0.2) is 71.2 Å². The van der Waals surface area contributed by atoms with E-state index in [0.717, 1.165) is 25.4 Å². The van der Waals surface area contributed by atoms with E-state index >= 15 is 0 Å². The Morgan fingerprint density at radius 1 is 0.913 bits per heavy atom. The molecule has 0 aliphatic heterocycles. The lowest BCUT2D eigenvalue weighted by molar-refractivity contribution is 0.0994.